The van der Waals surface area contributed by atoms with Crippen LogP contribution >= 0.6 is 15.9 Å². The van der Waals surface area contributed by atoms with Crippen molar-refractivity contribution in [1.82, 2.24) is 5.32 Å². The van der Waals surface area contributed by atoms with Gasteiger partial charge in [-0.15, -0.1) is 0 Å². The first kappa shape index (κ1) is 16.6. The van der Waals surface area contributed by atoms with E-state index in [-0.39, 0.29) is 0 Å². The third kappa shape index (κ3) is 7.67. The van der Waals surface area contributed by atoms with Gasteiger partial charge in [-0.05, 0) is 44.0 Å². The Morgan fingerprint density at radius 3 is 2.53 bits per heavy atom. The number of halogens is 1. The topological polar surface area (TPSA) is 30.5 Å². The van der Waals surface area contributed by atoms with E-state index in [4.69, 9.17) is 9.47 Å². The molecule has 0 aliphatic rings. The lowest BCUT2D eigenvalue weighted by Gasteiger charge is -2.14. The molecule has 1 unspecified atom stereocenters. The highest BCUT2D eigenvalue weighted by Gasteiger charge is 2.03. The Morgan fingerprint density at radius 1 is 1.11 bits per heavy atom. The molecule has 3 nitrogen and oxygen atoms in total. The van der Waals surface area contributed by atoms with Gasteiger partial charge in [-0.1, -0.05) is 28.1 Å². The molecule has 0 bridgehead atoms. The van der Waals surface area contributed by atoms with E-state index in [9.17, 15) is 0 Å². The molecule has 0 heterocycles. The smallest absolute Gasteiger partial charge is 0.0700 e. The van der Waals surface area contributed by atoms with E-state index in [1.807, 2.05) is 0 Å². The maximum atomic E-state index is 5.42. The minimum absolute atomic E-state index is 0.391. The second kappa shape index (κ2) is 10.4. The summed E-state index contributed by atoms with van der Waals surface area (Å²) in [6.45, 7) is 5.40. The van der Waals surface area contributed by atoms with Crippen molar-refractivity contribution in [1.29, 1.82) is 0 Å². The zero-order valence-electron chi connectivity index (χ0n) is 11.8. The summed E-state index contributed by atoms with van der Waals surface area (Å²) < 4.78 is 11.5. The Balaban J connectivity index is 2.04. The lowest BCUT2D eigenvalue weighted by Crippen LogP contribution is -2.20. The van der Waals surface area contributed by atoms with Crippen molar-refractivity contribution >= 4 is 15.9 Å². The van der Waals surface area contributed by atoms with Crippen LogP contribution in [0.4, 0.5) is 0 Å². The lowest BCUT2D eigenvalue weighted by atomic mass is 10.1. The molecule has 0 fully saturated rings. The Labute approximate surface area is 124 Å². The molecule has 1 aromatic carbocycles. The number of benzene rings is 1. The van der Waals surface area contributed by atoms with Gasteiger partial charge in [-0.25, -0.2) is 0 Å². The molecule has 0 spiro atoms. The van der Waals surface area contributed by atoms with E-state index >= 15 is 0 Å². The van der Waals surface area contributed by atoms with Crippen molar-refractivity contribution in [2.75, 3.05) is 33.5 Å². The maximum Gasteiger partial charge on any atom is 0.0700 e. The van der Waals surface area contributed by atoms with Crippen molar-refractivity contribution in [3.8, 4) is 0 Å². The van der Waals surface area contributed by atoms with Crippen LogP contribution in [0.5, 0.6) is 0 Å². The molecule has 0 aliphatic carbocycles. The molecule has 0 saturated heterocycles. The maximum absolute atomic E-state index is 5.42. The summed E-state index contributed by atoms with van der Waals surface area (Å²) in [7, 11) is 1.69. The van der Waals surface area contributed by atoms with Gasteiger partial charge in [0.2, 0.25) is 0 Å². The number of ether oxygens (including phenoxy) is 2. The number of methoxy groups -OCH3 is 1. The Morgan fingerprint density at radius 2 is 1.84 bits per heavy atom. The number of hydrogen-bond donors (Lipinski definition) is 1. The van der Waals surface area contributed by atoms with E-state index in [1.165, 1.54) is 5.56 Å². The van der Waals surface area contributed by atoms with E-state index in [2.05, 4.69) is 52.4 Å². The predicted molar refractivity (Wildman–Crippen MR) is 82.5 cm³/mol. The monoisotopic (exact) mass is 329 g/mol. The van der Waals surface area contributed by atoms with Gasteiger partial charge in [0.1, 0.15) is 0 Å². The second-order valence-corrected chi connectivity index (χ2v) is 5.46. The van der Waals surface area contributed by atoms with Crippen molar-refractivity contribution in [3.05, 3.63) is 34.3 Å². The number of rotatable bonds is 10. The molecule has 1 rings (SSSR count). The minimum atomic E-state index is 0.391. The molecule has 1 atom stereocenters. The molecule has 19 heavy (non-hydrogen) atoms. The van der Waals surface area contributed by atoms with Crippen molar-refractivity contribution in [2.24, 2.45) is 0 Å². The Hall–Kier alpha value is -0.420. The van der Waals surface area contributed by atoms with Gasteiger partial charge in [0.25, 0.3) is 0 Å². The molecule has 4 heteroatoms. The molecule has 1 N–H and O–H groups in total. The molecule has 0 amide bonds. The first-order chi connectivity index (χ1) is 9.24. The van der Waals surface area contributed by atoms with Gasteiger partial charge in [-0.3, -0.25) is 0 Å². The molecular weight excluding hydrogens is 306 g/mol. The fourth-order valence-corrected chi connectivity index (χ4v) is 2.03. The summed E-state index contributed by atoms with van der Waals surface area (Å²) >= 11 is 3.45. The van der Waals surface area contributed by atoms with Gasteiger partial charge < -0.3 is 14.8 Å². The Kier molecular flexibility index (Phi) is 9.08. The quantitative estimate of drug-likeness (QED) is 0.666. The van der Waals surface area contributed by atoms with Crippen molar-refractivity contribution in [3.63, 3.8) is 0 Å². The minimum Gasteiger partial charge on any atom is -0.382 e. The third-order valence-corrected chi connectivity index (χ3v) is 3.50. The van der Waals surface area contributed by atoms with Crippen molar-refractivity contribution in [2.45, 2.75) is 25.8 Å². The zero-order chi connectivity index (χ0) is 13.9. The van der Waals surface area contributed by atoms with Crippen LogP contribution in [-0.2, 0) is 9.47 Å². The van der Waals surface area contributed by atoms with Crippen LogP contribution in [0.3, 0.4) is 0 Å². The summed E-state index contributed by atoms with van der Waals surface area (Å²) in [6, 6.07) is 8.85. The molecule has 1 aromatic rings. The van der Waals surface area contributed by atoms with E-state index in [1.54, 1.807) is 7.11 Å². The number of nitrogens with one attached hydrogen (secondary N) is 1. The normalized spacial score (nSPS) is 12.6. The van der Waals surface area contributed by atoms with Gasteiger partial charge in [0, 0.05) is 24.2 Å². The van der Waals surface area contributed by atoms with Crippen molar-refractivity contribution < 1.29 is 9.47 Å². The summed E-state index contributed by atoms with van der Waals surface area (Å²) in [6.07, 6.45) is 2.22. The van der Waals surface area contributed by atoms with Crippen LogP contribution in [-0.4, -0.2) is 33.5 Å². The van der Waals surface area contributed by atoms with E-state index < -0.39 is 0 Å². The zero-order valence-corrected chi connectivity index (χ0v) is 13.4. The fraction of sp³-hybridized carbons (Fsp3) is 0.600. The largest absolute Gasteiger partial charge is 0.382 e. The average molecular weight is 330 g/mol. The van der Waals surface area contributed by atoms with Crippen LogP contribution in [0.25, 0.3) is 0 Å². The number of hydrogen-bond acceptors (Lipinski definition) is 3. The Bertz CT molecular complexity index is 329. The molecule has 0 radical (unpaired) electrons. The summed E-state index contributed by atoms with van der Waals surface area (Å²) in [5.74, 6) is 0. The van der Waals surface area contributed by atoms with Crippen LogP contribution in [0, 0.1) is 0 Å². The van der Waals surface area contributed by atoms with Crippen LogP contribution in [0.15, 0.2) is 28.7 Å². The first-order valence-electron chi connectivity index (χ1n) is 6.79. The molecule has 0 aromatic heterocycles. The summed E-state index contributed by atoms with van der Waals surface area (Å²) in [4.78, 5) is 0. The standard InChI is InChI=1S/C15H24BrNO2/c1-13(14-5-7-15(16)8-6-14)17-9-3-4-10-19-12-11-18-2/h5-8,13,17H,3-4,9-12H2,1-2H3. The van der Waals surface area contributed by atoms with Gasteiger partial charge in [0.05, 0.1) is 13.2 Å². The summed E-state index contributed by atoms with van der Waals surface area (Å²) in [5.41, 5.74) is 1.32. The van der Waals surface area contributed by atoms with Gasteiger partial charge in [-0.2, -0.15) is 0 Å². The summed E-state index contributed by atoms with van der Waals surface area (Å²) in [5, 5.41) is 3.52. The van der Waals surface area contributed by atoms with E-state index in [0.717, 1.165) is 30.5 Å². The lowest BCUT2D eigenvalue weighted by molar-refractivity contribution is 0.0687. The highest BCUT2D eigenvalue weighted by molar-refractivity contribution is 9.10. The fourth-order valence-electron chi connectivity index (χ4n) is 1.76. The van der Waals surface area contributed by atoms with Gasteiger partial charge >= 0.3 is 0 Å². The highest BCUT2D eigenvalue weighted by Crippen LogP contribution is 2.16. The van der Waals surface area contributed by atoms with Crippen LogP contribution in [0.2, 0.25) is 0 Å². The predicted octanol–water partition coefficient (Wildman–Crippen LogP) is 3.54. The van der Waals surface area contributed by atoms with Gasteiger partial charge in [0.15, 0.2) is 0 Å². The number of unbranched alkanes of at least 4 members (excludes halogenated alkanes) is 1. The molecule has 108 valence electrons. The average Bonchev–Trinajstić information content (AvgIpc) is 2.42. The SMILES string of the molecule is COCCOCCCCNC(C)c1ccc(Br)cc1. The third-order valence-electron chi connectivity index (χ3n) is 2.97. The molecule has 0 saturated carbocycles. The highest BCUT2D eigenvalue weighted by atomic mass is 79.9. The first-order valence-corrected chi connectivity index (χ1v) is 7.59. The van der Waals surface area contributed by atoms with E-state index in [0.29, 0.717) is 19.3 Å². The second-order valence-electron chi connectivity index (χ2n) is 4.54. The van der Waals surface area contributed by atoms with Crippen LogP contribution < -0.4 is 5.32 Å². The molecule has 0 aliphatic heterocycles. The van der Waals surface area contributed by atoms with Crippen LogP contribution in [0.1, 0.15) is 31.4 Å². The molecular formula is C15H24BrNO2.